The summed E-state index contributed by atoms with van der Waals surface area (Å²) in [6, 6.07) is 13.2. The molecule has 9 heteroatoms. The van der Waals surface area contributed by atoms with Crippen LogP contribution in [0, 0.1) is 5.92 Å². The van der Waals surface area contributed by atoms with E-state index in [0.717, 1.165) is 46.9 Å². The number of amides is 1. The van der Waals surface area contributed by atoms with Crippen molar-refractivity contribution in [2.24, 2.45) is 11.7 Å². The van der Waals surface area contributed by atoms with Crippen LogP contribution in [-0.2, 0) is 22.6 Å². The molecule has 5 rings (SSSR count). The van der Waals surface area contributed by atoms with Gasteiger partial charge in [0.1, 0.15) is 5.75 Å². The second-order valence-electron chi connectivity index (χ2n) is 11.0. The van der Waals surface area contributed by atoms with Gasteiger partial charge in [0.25, 0.3) is 0 Å². The maximum absolute atomic E-state index is 13.5. The number of likely N-dealkylation sites (tertiary alicyclic amines) is 1. The summed E-state index contributed by atoms with van der Waals surface area (Å²) in [4.78, 5) is 30.2. The number of aryl methyl sites for hydroxylation is 1. The molecule has 214 valence electrons. The lowest BCUT2D eigenvalue weighted by Crippen LogP contribution is -2.46. The van der Waals surface area contributed by atoms with Crippen molar-refractivity contribution in [3.8, 4) is 11.6 Å². The minimum Gasteiger partial charge on any atom is -0.494 e. The van der Waals surface area contributed by atoms with E-state index in [2.05, 4.69) is 13.0 Å². The van der Waals surface area contributed by atoms with Crippen LogP contribution < -0.4 is 10.5 Å². The van der Waals surface area contributed by atoms with Gasteiger partial charge in [0.15, 0.2) is 5.88 Å². The zero-order valence-corrected chi connectivity index (χ0v) is 23.2. The third-order valence-corrected chi connectivity index (χ3v) is 8.48. The van der Waals surface area contributed by atoms with Crippen LogP contribution in [0.15, 0.2) is 48.7 Å². The van der Waals surface area contributed by atoms with Crippen molar-refractivity contribution in [3.05, 3.63) is 59.8 Å². The zero-order chi connectivity index (χ0) is 28.2. The van der Waals surface area contributed by atoms with Gasteiger partial charge in [-0.25, -0.2) is 0 Å². The Morgan fingerprint density at radius 3 is 2.75 bits per heavy atom. The summed E-state index contributed by atoms with van der Waals surface area (Å²) in [5, 5.41) is 23.0. The molecule has 2 aliphatic rings. The number of nitrogens with zero attached hydrogens (tertiary/aromatic N) is 3. The van der Waals surface area contributed by atoms with Crippen LogP contribution in [0.4, 0.5) is 0 Å². The monoisotopic (exact) mass is 548 g/mol. The molecule has 0 aliphatic carbocycles. The van der Waals surface area contributed by atoms with E-state index < -0.39 is 11.9 Å². The fraction of sp³-hybridized carbons (Fsp3) is 0.484. The molecule has 2 aromatic carbocycles. The highest BCUT2D eigenvalue weighted by Crippen LogP contribution is 2.41. The van der Waals surface area contributed by atoms with E-state index in [1.165, 1.54) is 0 Å². The first-order chi connectivity index (χ1) is 19.4. The molecule has 1 fully saturated rings. The van der Waals surface area contributed by atoms with E-state index in [-0.39, 0.29) is 30.3 Å². The van der Waals surface area contributed by atoms with Crippen molar-refractivity contribution in [1.29, 1.82) is 0 Å². The Balaban J connectivity index is 1.43. The second-order valence-corrected chi connectivity index (χ2v) is 11.0. The van der Waals surface area contributed by atoms with Crippen LogP contribution in [0.2, 0.25) is 0 Å². The van der Waals surface area contributed by atoms with Crippen LogP contribution in [0.3, 0.4) is 0 Å². The van der Waals surface area contributed by atoms with Crippen LogP contribution in [-0.4, -0.2) is 81.8 Å². The number of benzene rings is 2. The molecule has 40 heavy (non-hydrogen) atoms. The minimum atomic E-state index is -0.867. The topological polar surface area (TPSA) is 121 Å². The van der Waals surface area contributed by atoms with Gasteiger partial charge in [-0.2, -0.15) is 0 Å². The van der Waals surface area contributed by atoms with Crippen LogP contribution in [0.5, 0.6) is 11.6 Å². The number of hydrogen-bond donors (Lipinski definition) is 3. The highest BCUT2D eigenvalue weighted by atomic mass is 16.5. The average molecular weight is 549 g/mol. The van der Waals surface area contributed by atoms with E-state index in [0.29, 0.717) is 45.8 Å². The summed E-state index contributed by atoms with van der Waals surface area (Å²) in [5.41, 5.74) is 7.89. The molecule has 0 spiro atoms. The Hall–Kier alpha value is -3.56. The molecule has 0 radical (unpaired) electrons. The van der Waals surface area contributed by atoms with E-state index in [9.17, 15) is 19.8 Å². The van der Waals surface area contributed by atoms with Crippen molar-refractivity contribution in [3.63, 3.8) is 0 Å². The molecule has 2 aliphatic heterocycles. The van der Waals surface area contributed by atoms with E-state index in [1.54, 1.807) is 9.47 Å². The number of aliphatic carboxylic acids is 1. The number of carbonyl (C=O) groups is 2. The number of rotatable bonds is 12. The van der Waals surface area contributed by atoms with Crippen molar-refractivity contribution in [2.45, 2.75) is 51.1 Å². The first-order valence-corrected chi connectivity index (χ1v) is 14.4. The zero-order valence-electron chi connectivity index (χ0n) is 23.2. The smallest absolute Gasteiger partial charge is 0.308 e. The normalized spacial score (nSPS) is 20.5. The second kappa shape index (κ2) is 12.3. The van der Waals surface area contributed by atoms with E-state index in [1.807, 2.05) is 47.5 Å². The van der Waals surface area contributed by atoms with Gasteiger partial charge in [-0.15, -0.1) is 0 Å². The molecule has 1 saturated heterocycles. The third-order valence-electron chi connectivity index (χ3n) is 8.48. The molecule has 3 aromatic rings. The van der Waals surface area contributed by atoms with E-state index >= 15 is 0 Å². The summed E-state index contributed by atoms with van der Waals surface area (Å²) in [7, 11) is 0. The van der Waals surface area contributed by atoms with Gasteiger partial charge < -0.3 is 30.2 Å². The fourth-order valence-electron chi connectivity index (χ4n) is 6.41. The van der Waals surface area contributed by atoms with Gasteiger partial charge >= 0.3 is 5.97 Å². The molecular formula is C31H40N4O5. The molecule has 3 heterocycles. The predicted molar refractivity (Wildman–Crippen MR) is 154 cm³/mol. The number of carboxylic acids is 1. The lowest BCUT2D eigenvalue weighted by molar-refractivity contribution is -0.143. The lowest BCUT2D eigenvalue weighted by atomic mass is 9.83. The quantitative estimate of drug-likeness (QED) is 0.317. The van der Waals surface area contributed by atoms with Gasteiger partial charge in [-0.3, -0.25) is 14.5 Å². The number of aromatic nitrogens is 1. The lowest BCUT2D eigenvalue weighted by Gasteiger charge is -2.29. The molecule has 0 bridgehead atoms. The number of unbranched alkanes of at least 4 members (excludes halogenated alkanes) is 1. The fourth-order valence-corrected chi connectivity index (χ4v) is 6.41. The molecule has 1 aromatic heterocycles. The molecule has 0 unspecified atom stereocenters. The van der Waals surface area contributed by atoms with Gasteiger partial charge in [0.2, 0.25) is 5.91 Å². The molecule has 0 saturated carbocycles. The van der Waals surface area contributed by atoms with Gasteiger partial charge in [-0.1, -0.05) is 43.7 Å². The third kappa shape index (κ3) is 5.67. The first-order valence-electron chi connectivity index (χ1n) is 14.4. The number of nitrogens with two attached hydrogens (primary N) is 1. The number of ether oxygens (including phenoxy) is 1. The summed E-state index contributed by atoms with van der Waals surface area (Å²) < 4.78 is 7.46. The largest absolute Gasteiger partial charge is 0.494 e. The maximum Gasteiger partial charge on any atom is 0.308 e. The van der Waals surface area contributed by atoms with Crippen molar-refractivity contribution >= 4 is 22.6 Å². The SMILES string of the molecule is CCCCN(CCN)C(=O)CN1C[C@H](c2ccc3c(c2)CCO3)[C@@H](C(=O)O)[C@@H]1CCn1cc2ccccc2c1O. The van der Waals surface area contributed by atoms with Gasteiger partial charge in [0, 0.05) is 68.1 Å². The Bertz CT molecular complexity index is 1350. The van der Waals surface area contributed by atoms with Gasteiger partial charge in [0.05, 0.1) is 19.1 Å². The van der Waals surface area contributed by atoms with Gasteiger partial charge in [-0.05, 0) is 36.1 Å². The van der Waals surface area contributed by atoms with Crippen molar-refractivity contribution < 1.29 is 24.5 Å². The minimum absolute atomic E-state index is 0.0226. The maximum atomic E-state index is 13.5. The first kappa shape index (κ1) is 28.0. The number of aromatic hydroxyl groups is 1. The molecule has 3 atom stereocenters. The summed E-state index contributed by atoms with van der Waals surface area (Å²) >= 11 is 0. The molecule has 4 N–H and O–H groups in total. The Morgan fingerprint density at radius 1 is 1.18 bits per heavy atom. The van der Waals surface area contributed by atoms with Crippen molar-refractivity contribution in [1.82, 2.24) is 14.4 Å². The predicted octanol–water partition coefficient (Wildman–Crippen LogP) is 3.43. The number of carbonyl (C=O) groups excluding carboxylic acids is 1. The summed E-state index contributed by atoms with van der Waals surface area (Å²) in [6.45, 7) is 5.29. The number of carboxylic acid groups (broad SMARTS) is 1. The standard InChI is InChI=1S/C31H40N4O5/c1-2-3-13-33(15-12-32)28(36)20-35-19-25(21-8-9-27-22(17-21)11-16-40-27)29(31(38)39)26(35)10-14-34-18-23-6-4-5-7-24(23)30(34)37/h4-9,17-18,25-26,29,37H,2-3,10-16,19-20,32H2,1H3,(H,38,39)/t25-,26+,29-/m1/s1. The van der Waals surface area contributed by atoms with Crippen LogP contribution in [0.1, 0.15) is 43.2 Å². The Morgan fingerprint density at radius 2 is 2.00 bits per heavy atom. The number of hydrogen-bond acceptors (Lipinski definition) is 6. The average Bonchev–Trinajstić information content (AvgIpc) is 3.65. The Kier molecular flexibility index (Phi) is 8.61. The van der Waals surface area contributed by atoms with Crippen molar-refractivity contribution in [2.75, 3.05) is 39.3 Å². The highest BCUT2D eigenvalue weighted by molar-refractivity contribution is 5.87. The molecular weight excluding hydrogens is 508 g/mol. The summed E-state index contributed by atoms with van der Waals surface area (Å²) in [6.07, 6.45) is 5.06. The van der Waals surface area contributed by atoms with E-state index in [4.69, 9.17) is 10.5 Å². The highest BCUT2D eigenvalue weighted by Gasteiger charge is 2.47. The number of fused-ring (bicyclic) bond motifs is 2. The van der Waals surface area contributed by atoms with Crippen LogP contribution >= 0.6 is 0 Å². The molecule has 9 nitrogen and oxygen atoms in total. The Labute approximate surface area is 235 Å². The summed E-state index contributed by atoms with van der Waals surface area (Å²) in [5.74, 6) is -0.817. The van der Waals surface area contributed by atoms with Crippen LogP contribution in [0.25, 0.3) is 10.8 Å². The molecule has 1 amide bonds.